The number of hydrogen-bond donors (Lipinski definition) is 3. The molecule has 3 N–H and O–H groups in total. The fourth-order valence-corrected chi connectivity index (χ4v) is 4.91. The average Bonchev–Trinajstić information content (AvgIpc) is 3.62. The molecule has 2 aliphatic rings. The van der Waals surface area contributed by atoms with E-state index in [0.29, 0.717) is 36.2 Å². The van der Waals surface area contributed by atoms with Gasteiger partial charge in [0.2, 0.25) is 11.8 Å². The molecule has 3 aromatic rings. The molecule has 0 radical (unpaired) electrons. The number of nitrogens with one attached hydrogen (secondary N) is 2. The normalized spacial score (nSPS) is 17.9. The number of pyridine rings is 1. The summed E-state index contributed by atoms with van der Waals surface area (Å²) < 4.78 is 13.4. The van der Waals surface area contributed by atoms with Crippen molar-refractivity contribution in [2.45, 2.75) is 44.7 Å². The molecule has 39 heavy (non-hydrogen) atoms. The predicted octanol–water partition coefficient (Wildman–Crippen LogP) is 4.10. The number of nitrogens with zero attached hydrogens (tertiary/aromatic N) is 2. The molecule has 1 saturated carbocycles. The second-order valence-electron chi connectivity index (χ2n) is 10.2. The summed E-state index contributed by atoms with van der Waals surface area (Å²) in [7, 11) is 0. The first kappa shape index (κ1) is 26.3. The van der Waals surface area contributed by atoms with Gasteiger partial charge in [-0.25, -0.2) is 9.37 Å². The van der Waals surface area contributed by atoms with Crippen molar-refractivity contribution in [3.05, 3.63) is 77.2 Å². The van der Waals surface area contributed by atoms with Gasteiger partial charge in [0.1, 0.15) is 23.3 Å². The van der Waals surface area contributed by atoms with E-state index in [1.165, 1.54) is 42.0 Å². The summed E-state index contributed by atoms with van der Waals surface area (Å²) in [6.07, 6.45) is 7.76. The van der Waals surface area contributed by atoms with Gasteiger partial charge in [-0.1, -0.05) is 24.3 Å². The van der Waals surface area contributed by atoms with Crippen molar-refractivity contribution in [3.8, 4) is 5.75 Å². The van der Waals surface area contributed by atoms with E-state index in [1.807, 2.05) is 19.1 Å². The highest BCUT2D eigenvalue weighted by Crippen LogP contribution is 2.32. The summed E-state index contributed by atoms with van der Waals surface area (Å²) in [4.78, 5) is 44.6. The van der Waals surface area contributed by atoms with Gasteiger partial charge in [-0.2, -0.15) is 0 Å². The number of phenols is 1. The minimum atomic E-state index is -0.645. The van der Waals surface area contributed by atoms with Crippen molar-refractivity contribution in [2.75, 3.05) is 13.1 Å². The number of fused-ring (bicyclic) bond motifs is 1. The number of aromatic nitrogens is 1. The summed E-state index contributed by atoms with van der Waals surface area (Å²) in [6, 6.07) is 11.3. The Morgan fingerprint density at radius 3 is 2.74 bits per heavy atom. The lowest BCUT2D eigenvalue weighted by Gasteiger charge is -2.26. The number of rotatable bonds is 8. The average molecular weight is 531 g/mol. The maximum atomic E-state index is 13.4. The monoisotopic (exact) mass is 530 g/mol. The van der Waals surface area contributed by atoms with Gasteiger partial charge >= 0.3 is 0 Å². The van der Waals surface area contributed by atoms with E-state index in [9.17, 15) is 23.9 Å². The zero-order chi connectivity index (χ0) is 27.5. The fraction of sp³-hybridized carbons (Fsp3) is 0.333. The highest BCUT2D eigenvalue weighted by Gasteiger charge is 2.34. The van der Waals surface area contributed by atoms with Crippen molar-refractivity contribution >= 4 is 34.7 Å². The molecule has 0 spiro atoms. The van der Waals surface area contributed by atoms with Gasteiger partial charge in [0.15, 0.2) is 0 Å². The molecular formula is C30H31FN4O4. The third kappa shape index (κ3) is 6.25. The van der Waals surface area contributed by atoms with Gasteiger partial charge in [-0.15, -0.1) is 0 Å². The van der Waals surface area contributed by atoms with Crippen LogP contribution >= 0.6 is 0 Å². The van der Waals surface area contributed by atoms with E-state index in [0.717, 1.165) is 11.1 Å². The van der Waals surface area contributed by atoms with Crippen LogP contribution < -0.4 is 10.6 Å². The predicted molar refractivity (Wildman–Crippen MR) is 145 cm³/mol. The first-order valence-corrected chi connectivity index (χ1v) is 13.2. The Morgan fingerprint density at radius 2 is 1.95 bits per heavy atom. The molecule has 1 aliphatic heterocycles. The third-order valence-electron chi connectivity index (χ3n) is 7.23. The van der Waals surface area contributed by atoms with Gasteiger partial charge in [-0.05, 0) is 86.1 Å². The first-order valence-electron chi connectivity index (χ1n) is 13.2. The van der Waals surface area contributed by atoms with E-state index in [1.54, 1.807) is 18.2 Å². The Morgan fingerprint density at radius 1 is 1.13 bits per heavy atom. The van der Waals surface area contributed by atoms with Crippen molar-refractivity contribution in [3.63, 3.8) is 0 Å². The number of carbonyl (C=O) groups is 3. The lowest BCUT2D eigenvalue weighted by atomic mass is 9.99. The largest absolute Gasteiger partial charge is 0.508 e. The summed E-state index contributed by atoms with van der Waals surface area (Å²) in [5.41, 5.74) is 2.32. The summed E-state index contributed by atoms with van der Waals surface area (Å²) in [6.45, 7) is 2.00. The molecule has 2 aromatic carbocycles. The standard InChI is InChI=1S/C30H31FN4O4/c1-18(24-16-23(36)11-8-20(24)7-6-19-4-5-19)33-30(39)27-3-2-14-35(27)28(37)17-32-29(38)26-12-9-21-15-22(31)10-13-25(21)34-26/h6-13,15-16,18-19,27,36H,2-5,14,17H2,1H3,(H,32,38)(H,33,39)/b7-6+/t18-,27?/m0/s1. The van der Waals surface area contributed by atoms with Crippen molar-refractivity contribution in [2.24, 2.45) is 5.92 Å². The molecule has 8 nitrogen and oxygen atoms in total. The molecule has 3 amide bonds. The Hall–Kier alpha value is -4.27. The number of phenolic OH excluding ortho intramolecular Hbond substituents is 1. The molecule has 1 saturated heterocycles. The molecule has 1 aromatic heterocycles. The van der Waals surface area contributed by atoms with Gasteiger partial charge in [0.05, 0.1) is 18.1 Å². The summed E-state index contributed by atoms with van der Waals surface area (Å²) >= 11 is 0. The van der Waals surface area contributed by atoms with Crippen LogP contribution in [0.25, 0.3) is 17.0 Å². The molecule has 1 unspecified atom stereocenters. The molecular weight excluding hydrogens is 499 g/mol. The first-order chi connectivity index (χ1) is 18.8. The lowest BCUT2D eigenvalue weighted by Crippen LogP contribution is -2.49. The topological polar surface area (TPSA) is 112 Å². The van der Waals surface area contributed by atoms with Gasteiger partial charge in [-0.3, -0.25) is 14.4 Å². The number of allylic oxidation sites excluding steroid dienone is 1. The number of benzene rings is 2. The molecule has 2 atom stereocenters. The van der Waals surface area contributed by atoms with Crippen LogP contribution in [0.5, 0.6) is 5.75 Å². The van der Waals surface area contributed by atoms with Crippen LogP contribution in [-0.2, 0) is 9.59 Å². The van der Waals surface area contributed by atoms with Crippen LogP contribution in [0.15, 0.2) is 54.6 Å². The molecule has 5 rings (SSSR count). The van der Waals surface area contributed by atoms with Gasteiger partial charge in [0.25, 0.3) is 5.91 Å². The number of halogens is 1. The molecule has 1 aliphatic carbocycles. The van der Waals surface area contributed by atoms with E-state index in [2.05, 4.69) is 21.7 Å². The summed E-state index contributed by atoms with van der Waals surface area (Å²) in [5, 5.41) is 16.2. The number of likely N-dealkylation sites (tertiary alicyclic amines) is 1. The molecule has 9 heteroatoms. The SMILES string of the molecule is C[C@H](NC(=O)C1CCCN1C(=O)CNC(=O)c1ccc2cc(F)ccc2n1)c1cc(O)ccc1/C=C/C1CC1. The Labute approximate surface area is 225 Å². The number of aromatic hydroxyl groups is 1. The van der Waals surface area contributed by atoms with Crippen LogP contribution in [0.1, 0.15) is 60.3 Å². The molecule has 0 bridgehead atoms. The highest BCUT2D eigenvalue weighted by molar-refractivity contribution is 5.97. The third-order valence-corrected chi connectivity index (χ3v) is 7.23. The van der Waals surface area contributed by atoms with E-state index >= 15 is 0 Å². The minimum absolute atomic E-state index is 0.115. The van der Waals surface area contributed by atoms with Gasteiger partial charge in [0, 0.05) is 11.9 Å². The number of hydrogen-bond acceptors (Lipinski definition) is 5. The van der Waals surface area contributed by atoms with Crippen LogP contribution in [-0.4, -0.2) is 51.8 Å². The van der Waals surface area contributed by atoms with Crippen LogP contribution in [0.3, 0.4) is 0 Å². The zero-order valence-corrected chi connectivity index (χ0v) is 21.7. The maximum absolute atomic E-state index is 13.4. The second-order valence-corrected chi connectivity index (χ2v) is 10.2. The van der Waals surface area contributed by atoms with E-state index in [4.69, 9.17) is 0 Å². The van der Waals surface area contributed by atoms with Crippen molar-refractivity contribution < 1.29 is 23.9 Å². The van der Waals surface area contributed by atoms with Crippen molar-refractivity contribution in [1.82, 2.24) is 20.5 Å². The summed E-state index contributed by atoms with van der Waals surface area (Å²) in [5.74, 6) is -0.837. The molecule has 202 valence electrons. The fourth-order valence-electron chi connectivity index (χ4n) is 4.91. The zero-order valence-electron chi connectivity index (χ0n) is 21.7. The molecule has 2 heterocycles. The molecule has 2 fully saturated rings. The van der Waals surface area contributed by atoms with Crippen LogP contribution in [0.2, 0.25) is 0 Å². The maximum Gasteiger partial charge on any atom is 0.270 e. The Kier molecular flexibility index (Phi) is 7.58. The van der Waals surface area contributed by atoms with Crippen LogP contribution in [0.4, 0.5) is 4.39 Å². The Bertz CT molecular complexity index is 1450. The number of carbonyl (C=O) groups excluding carboxylic acids is 3. The van der Waals surface area contributed by atoms with Gasteiger partial charge < -0.3 is 20.6 Å². The highest BCUT2D eigenvalue weighted by atomic mass is 19.1. The van der Waals surface area contributed by atoms with E-state index in [-0.39, 0.29) is 35.8 Å². The quantitative estimate of drug-likeness (QED) is 0.406. The minimum Gasteiger partial charge on any atom is -0.508 e. The second kappa shape index (κ2) is 11.2. The number of amides is 3. The van der Waals surface area contributed by atoms with Crippen molar-refractivity contribution in [1.29, 1.82) is 0 Å². The smallest absolute Gasteiger partial charge is 0.270 e. The van der Waals surface area contributed by atoms with Crippen LogP contribution in [0, 0.1) is 11.7 Å². The lowest BCUT2D eigenvalue weighted by molar-refractivity contribution is -0.137. The Balaban J connectivity index is 1.20. The van der Waals surface area contributed by atoms with E-state index < -0.39 is 17.8 Å².